The third-order valence-corrected chi connectivity index (χ3v) is 3.67. The Balaban J connectivity index is 0.00000144. The number of hydrogen-bond donors (Lipinski definition) is 0. The quantitative estimate of drug-likeness (QED) is 0.344. The topological polar surface area (TPSA) is 46.6 Å². The Morgan fingerprint density at radius 1 is 1.41 bits per heavy atom. The summed E-state index contributed by atoms with van der Waals surface area (Å²) in [6.07, 6.45) is 3.64. The number of rotatable bonds is 3. The molecule has 4 nitrogen and oxygen atoms in total. The first-order chi connectivity index (χ1) is 7.65. The molecule has 2 fully saturated rings. The van der Waals surface area contributed by atoms with Crippen molar-refractivity contribution in [3.63, 3.8) is 0 Å². The van der Waals surface area contributed by atoms with E-state index in [9.17, 15) is 9.59 Å². The normalized spacial score (nSPS) is 30.0. The maximum absolute atomic E-state index is 11.8. The molecule has 0 spiro atoms. The van der Waals surface area contributed by atoms with Crippen molar-refractivity contribution < 1.29 is 14.3 Å². The summed E-state index contributed by atoms with van der Waals surface area (Å²) < 4.78 is 5.12. The monoisotopic (exact) mass is 279 g/mol. The number of piperidine rings is 1. The SMILES string of the molecule is CCCOC(=O)C1C2CCC(C2)N1C(=O)Cl.P. The van der Waals surface area contributed by atoms with Crippen molar-refractivity contribution >= 4 is 32.8 Å². The second-order valence-corrected chi connectivity index (χ2v) is 4.82. The predicted octanol–water partition coefficient (Wildman–Crippen LogP) is 2.21. The zero-order valence-corrected chi connectivity index (χ0v) is 12.2. The number of carbonyl (C=O) groups excluding carboxylic acids is 2. The van der Waals surface area contributed by atoms with Gasteiger partial charge >= 0.3 is 11.3 Å². The van der Waals surface area contributed by atoms with Crippen LogP contribution in [0, 0.1) is 5.92 Å². The fourth-order valence-corrected chi connectivity index (χ4v) is 3.08. The molecule has 17 heavy (non-hydrogen) atoms. The second kappa shape index (κ2) is 6.01. The van der Waals surface area contributed by atoms with Crippen LogP contribution in [0.3, 0.4) is 0 Å². The van der Waals surface area contributed by atoms with E-state index in [-0.39, 0.29) is 27.8 Å². The highest BCUT2D eigenvalue weighted by Crippen LogP contribution is 2.43. The highest BCUT2D eigenvalue weighted by molar-refractivity contribution is 6.92. The molecule has 1 saturated carbocycles. The van der Waals surface area contributed by atoms with E-state index < -0.39 is 11.4 Å². The molecule has 0 N–H and O–H groups in total. The van der Waals surface area contributed by atoms with E-state index in [2.05, 4.69) is 0 Å². The molecule has 1 heterocycles. The van der Waals surface area contributed by atoms with E-state index in [4.69, 9.17) is 16.3 Å². The molecule has 0 radical (unpaired) electrons. The Hall–Kier alpha value is -0.340. The molecule has 1 saturated heterocycles. The van der Waals surface area contributed by atoms with E-state index in [0.717, 1.165) is 25.7 Å². The number of esters is 1. The number of likely N-dealkylation sites (tertiary alicyclic amines) is 1. The van der Waals surface area contributed by atoms with E-state index >= 15 is 0 Å². The van der Waals surface area contributed by atoms with E-state index in [0.29, 0.717) is 6.61 Å². The molecule has 98 valence electrons. The van der Waals surface area contributed by atoms with Crippen LogP contribution in [0.25, 0.3) is 0 Å². The van der Waals surface area contributed by atoms with Gasteiger partial charge in [-0.15, -0.1) is 0 Å². The number of amides is 1. The molecular weight excluding hydrogens is 261 g/mol. The Morgan fingerprint density at radius 3 is 2.71 bits per heavy atom. The summed E-state index contributed by atoms with van der Waals surface area (Å²) in [6, 6.07) is -0.288. The first kappa shape index (κ1) is 14.7. The lowest BCUT2D eigenvalue weighted by atomic mass is 9.99. The summed E-state index contributed by atoms with van der Waals surface area (Å²) in [5.41, 5.74) is 0. The highest BCUT2D eigenvalue weighted by atomic mass is 35.5. The molecule has 2 bridgehead atoms. The van der Waals surface area contributed by atoms with Gasteiger partial charge in [0.05, 0.1) is 6.61 Å². The van der Waals surface area contributed by atoms with Gasteiger partial charge < -0.3 is 9.64 Å². The summed E-state index contributed by atoms with van der Waals surface area (Å²) in [5.74, 6) is -0.0416. The van der Waals surface area contributed by atoms with Gasteiger partial charge in [0.25, 0.3) is 0 Å². The number of ether oxygens (including phenoxy) is 1. The molecule has 0 aromatic heterocycles. The number of nitrogens with zero attached hydrogens (tertiary/aromatic N) is 1. The van der Waals surface area contributed by atoms with Crippen LogP contribution in [0.5, 0.6) is 0 Å². The van der Waals surface area contributed by atoms with Crippen LogP contribution in [-0.4, -0.2) is 34.9 Å². The lowest BCUT2D eigenvalue weighted by Crippen LogP contribution is -2.47. The molecule has 0 aromatic carbocycles. The summed E-state index contributed by atoms with van der Waals surface area (Å²) in [4.78, 5) is 24.6. The average molecular weight is 280 g/mol. The zero-order chi connectivity index (χ0) is 11.7. The van der Waals surface area contributed by atoms with Crippen LogP contribution in [0.4, 0.5) is 4.79 Å². The Morgan fingerprint density at radius 2 is 2.12 bits per heavy atom. The van der Waals surface area contributed by atoms with Crippen LogP contribution in [0.1, 0.15) is 32.6 Å². The summed E-state index contributed by atoms with van der Waals surface area (Å²) in [6.45, 7) is 2.36. The van der Waals surface area contributed by atoms with Crippen molar-refractivity contribution in [2.75, 3.05) is 6.61 Å². The molecule has 1 amide bonds. The zero-order valence-electron chi connectivity index (χ0n) is 10.0. The van der Waals surface area contributed by atoms with Crippen molar-refractivity contribution in [1.29, 1.82) is 0 Å². The van der Waals surface area contributed by atoms with Gasteiger partial charge in [0.15, 0.2) is 0 Å². The largest absolute Gasteiger partial charge is 0.464 e. The van der Waals surface area contributed by atoms with E-state index in [1.54, 1.807) is 0 Å². The summed E-state index contributed by atoms with van der Waals surface area (Å²) in [7, 11) is 0. The van der Waals surface area contributed by atoms with Gasteiger partial charge in [-0.05, 0) is 43.2 Å². The third kappa shape index (κ3) is 2.74. The molecule has 1 aliphatic carbocycles. The predicted molar refractivity (Wildman–Crippen MR) is 70.4 cm³/mol. The number of carbonyl (C=O) groups is 2. The van der Waals surface area contributed by atoms with Crippen molar-refractivity contribution in [3.8, 4) is 0 Å². The van der Waals surface area contributed by atoms with E-state index in [1.807, 2.05) is 6.92 Å². The first-order valence-corrected chi connectivity index (χ1v) is 6.17. The number of halogens is 1. The highest BCUT2D eigenvalue weighted by Gasteiger charge is 2.51. The van der Waals surface area contributed by atoms with Crippen molar-refractivity contribution in [2.24, 2.45) is 5.92 Å². The molecule has 2 rings (SSSR count). The van der Waals surface area contributed by atoms with Crippen molar-refractivity contribution in [2.45, 2.75) is 44.7 Å². The van der Waals surface area contributed by atoms with Crippen LogP contribution < -0.4 is 0 Å². The maximum Gasteiger partial charge on any atom is 0.329 e. The van der Waals surface area contributed by atoms with Crippen LogP contribution in [0.2, 0.25) is 0 Å². The second-order valence-electron chi connectivity index (χ2n) is 4.50. The van der Waals surface area contributed by atoms with Crippen molar-refractivity contribution in [3.05, 3.63) is 0 Å². The summed E-state index contributed by atoms with van der Waals surface area (Å²) in [5, 5.41) is -0.523. The fourth-order valence-electron chi connectivity index (χ4n) is 2.83. The van der Waals surface area contributed by atoms with Crippen molar-refractivity contribution in [1.82, 2.24) is 4.90 Å². The standard InChI is InChI=1S/C11H16ClNO3.H3P/c1-2-5-16-10(14)9-7-3-4-8(6-7)13(9)11(12)15;/h7-9H,2-6H2,1H3;1H3. The molecule has 4 unspecified atom stereocenters. The van der Waals surface area contributed by atoms with Gasteiger partial charge in [0.1, 0.15) is 6.04 Å². The van der Waals surface area contributed by atoms with Gasteiger partial charge in [-0.25, -0.2) is 4.79 Å². The fraction of sp³-hybridized carbons (Fsp3) is 0.818. The first-order valence-electron chi connectivity index (χ1n) is 5.79. The minimum atomic E-state index is -0.523. The molecule has 4 atom stereocenters. The van der Waals surface area contributed by atoms with Crippen LogP contribution in [0.15, 0.2) is 0 Å². The Kier molecular flexibility index (Phi) is 5.21. The molecular formula is C11H19ClNO3P. The smallest absolute Gasteiger partial charge is 0.329 e. The van der Waals surface area contributed by atoms with E-state index in [1.165, 1.54) is 4.90 Å². The summed E-state index contributed by atoms with van der Waals surface area (Å²) >= 11 is 5.53. The molecule has 6 heteroatoms. The minimum Gasteiger partial charge on any atom is -0.464 e. The molecule has 1 aliphatic heterocycles. The van der Waals surface area contributed by atoms with Gasteiger partial charge in [0, 0.05) is 6.04 Å². The number of hydrogen-bond acceptors (Lipinski definition) is 3. The Labute approximate surface area is 110 Å². The van der Waals surface area contributed by atoms with Crippen LogP contribution in [-0.2, 0) is 9.53 Å². The van der Waals surface area contributed by atoms with Crippen LogP contribution >= 0.6 is 21.5 Å². The molecule has 0 aromatic rings. The van der Waals surface area contributed by atoms with Gasteiger partial charge in [-0.1, -0.05) is 6.92 Å². The van der Waals surface area contributed by atoms with Gasteiger partial charge in [-0.2, -0.15) is 9.90 Å². The lowest BCUT2D eigenvalue weighted by Gasteiger charge is -2.31. The average Bonchev–Trinajstić information content (AvgIpc) is 2.84. The van der Waals surface area contributed by atoms with Gasteiger partial charge in [0.2, 0.25) is 0 Å². The number of fused-ring (bicyclic) bond motifs is 2. The van der Waals surface area contributed by atoms with Gasteiger partial charge in [-0.3, -0.25) is 4.79 Å². The minimum absolute atomic E-state index is 0. The molecule has 2 aliphatic rings. The lowest BCUT2D eigenvalue weighted by molar-refractivity contribution is -0.150. The Bertz CT molecular complexity index is 313. The third-order valence-electron chi connectivity index (χ3n) is 3.48. The maximum atomic E-state index is 11.8.